The van der Waals surface area contributed by atoms with Crippen LogP contribution in [0.15, 0.2) is 65.8 Å². The van der Waals surface area contributed by atoms with Crippen molar-refractivity contribution in [2.24, 2.45) is 5.10 Å². The van der Waals surface area contributed by atoms with Gasteiger partial charge in [-0.2, -0.15) is 5.10 Å². The fraction of sp³-hybridized carbons (Fsp3) is 0. The number of nitrogens with zero attached hydrogens (tertiary/aromatic N) is 1. The highest BCUT2D eigenvalue weighted by atomic mass is 35.5. The van der Waals surface area contributed by atoms with Crippen LogP contribution >= 0.6 is 11.6 Å². The molecule has 1 amide bonds. The lowest BCUT2D eigenvalue weighted by Crippen LogP contribution is -2.17. The van der Waals surface area contributed by atoms with Crippen molar-refractivity contribution in [1.29, 1.82) is 0 Å². The van der Waals surface area contributed by atoms with Crippen LogP contribution in [0.4, 0.5) is 8.78 Å². The van der Waals surface area contributed by atoms with E-state index in [1.165, 1.54) is 30.5 Å². The third-order valence-electron chi connectivity index (χ3n) is 3.76. The molecule has 0 heterocycles. The predicted octanol–water partition coefficient (Wildman–Crippen LogP) is 4.75. The Bertz CT molecular complexity index is 1040. The van der Waals surface area contributed by atoms with E-state index in [4.69, 9.17) is 11.6 Å². The summed E-state index contributed by atoms with van der Waals surface area (Å²) in [4.78, 5) is 12.3. The molecule has 0 aromatic heterocycles. The minimum absolute atomic E-state index is 0.102. The molecule has 0 bridgehead atoms. The van der Waals surface area contributed by atoms with Crippen LogP contribution in [0.1, 0.15) is 15.9 Å². The minimum atomic E-state index is -0.774. The number of phenolic OH excluding ortho intramolecular Hbond substituents is 1. The number of amides is 1. The highest BCUT2D eigenvalue weighted by Crippen LogP contribution is 2.28. The number of benzene rings is 3. The number of phenols is 1. The highest BCUT2D eigenvalue weighted by Gasteiger charge is 2.14. The maximum atomic E-state index is 14.0. The first-order chi connectivity index (χ1) is 13.0. The van der Waals surface area contributed by atoms with Crippen LogP contribution in [0.25, 0.3) is 11.1 Å². The number of rotatable bonds is 4. The van der Waals surface area contributed by atoms with Crippen LogP contribution < -0.4 is 5.43 Å². The second-order valence-electron chi connectivity index (χ2n) is 5.58. The second kappa shape index (κ2) is 7.97. The number of hydrogen-bond acceptors (Lipinski definition) is 3. The molecule has 3 aromatic rings. The summed E-state index contributed by atoms with van der Waals surface area (Å²) in [7, 11) is 0. The molecule has 0 saturated carbocycles. The van der Waals surface area contributed by atoms with E-state index in [0.29, 0.717) is 16.1 Å². The molecule has 27 heavy (non-hydrogen) atoms. The maximum absolute atomic E-state index is 14.0. The van der Waals surface area contributed by atoms with E-state index in [-0.39, 0.29) is 16.9 Å². The lowest BCUT2D eigenvalue weighted by atomic mass is 10.0. The summed E-state index contributed by atoms with van der Waals surface area (Å²) < 4.78 is 27.0. The van der Waals surface area contributed by atoms with Gasteiger partial charge in [0.25, 0.3) is 5.91 Å². The van der Waals surface area contributed by atoms with E-state index >= 15 is 0 Å². The number of carbonyl (C=O) groups excluding carboxylic acids is 1. The fourth-order valence-corrected chi connectivity index (χ4v) is 2.59. The van der Waals surface area contributed by atoms with E-state index in [1.807, 2.05) is 0 Å². The standard InChI is InChI=1S/C20H13ClF2N2O2/c21-17-4-2-1-3-13(17)11-24-25-20(27)16-9-12(5-8-19(16)26)15-7-6-14(22)10-18(15)23/h1-11,26H,(H,25,27)/b24-11-. The quantitative estimate of drug-likeness (QED) is 0.502. The van der Waals surface area contributed by atoms with Crippen molar-refractivity contribution in [1.82, 2.24) is 5.43 Å². The average molecular weight is 387 g/mol. The van der Waals surface area contributed by atoms with Gasteiger partial charge in [0.05, 0.1) is 11.8 Å². The zero-order valence-corrected chi connectivity index (χ0v) is 14.5. The lowest BCUT2D eigenvalue weighted by molar-refractivity contribution is 0.0952. The Morgan fingerprint density at radius 1 is 1.07 bits per heavy atom. The second-order valence-corrected chi connectivity index (χ2v) is 5.98. The number of halogens is 3. The largest absolute Gasteiger partial charge is 0.507 e. The summed E-state index contributed by atoms with van der Waals surface area (Å²) in [5.41, 5.74) is 3.19. The van der Waals surface area contributed by atoms with E-state index in [2.05, 4.69) is 10.5 Å². The van der Waals surface area contributed by atoms with Crippen LogP contribution in [0.3, 0.4) is 0 Å². The van der Waals surface area contributed by atoms with Crippen molar-refractivity contribution >= 4 is 23.7 Å². The molecule has 0 aliphatic carbocycles. The van der Waals surface area contributed by atoms with Crippen LogP contribution in [0.5, 0.6) is 5.75 Å². The van der Waals surface area contributed by atoms with Gasteiger partial charge < -0.3 is 5.11 Å². The molecule has 0 spiro atoms. The Labute approximate surface area is 158 Å². The monoisotopic (exact) mass is 386 g/mol. The molecule has 7 heteroatoms. The van der Waals surface area contributed by atoms with Gasteiger partial charge >= 0.3 is 0 Å². The van der Waals surface area contributed by atoms with Crippen LogP contribution in [0.2, 0.25) is 5.02 Å². The van der Waals surface area contributed by atoms with Crippen molar-refractivity contribution in [3.05, 3.63) is 88.4 Å². The van der Waals surface area contributed by atoms with E-state index < -0.39 is 17.5 Å². The summed E-state index contributed by atoms with van der Waals surface area (Å²) in [6.07, 6.45) is 1.36. The van der Waals surface area contributed by atoms with Crippen LogP contribution in [0, 0.1) is 11.6 Å². The molecular formula is C20H13ClF2N2O2. The Kier molecular flexibility index (Phi) is 5.47. The molecule has 0 fully saturated rings. The number of aromatic hydroxyl groups is 1. The van der Waals surface area contributed by atoms with Gasteiger partial charge in [0.15, 0.2) is 0 Å². The molecule has 0 saturated heterocycles. The molecule has 0 atom stereocenters. The Morgan fingerprint density at radius 3 is 2.59 bits per heavy atom. The normalized spacial score (nSPS) is 10.9. The van der Waals surface area contributed by atoms with E-state index in [1.54, 1.807) is 24.3 Å². The minimum Gasteiger partial charge on any atom is -0.507 e. The SMILES string of the molecule is O=C(N/N=C\c1ccccc1Cl)c1cc(-c2ccc(F)cc2F)ccc1O. The Morgan fingerprint density at radius 2 is 1.85 bits per heavy atom. The van der Waals surface area contributed by atoms with Crippen molar-refractivity contribution < 1.29 is 18.7 Å². The van der Waals surface area contributed by atoms with Gasteiger partial charge in [-0.1, -0.05) is 35.9 Å². The molecule has 0 unspecified atom stereocenters. The third kappa shape index (κ3) is 4.30. The number of hydrogen-bond donors (Lipinski definition) is 2. The van der Waals surface area contributed by atoms with Gasteiger partial charge in [0.1, 0.15) is 17.4 Å². The van der Waals surface area contributed by atoms with Crippen molar-refractivity contribution in [2.75, 3.05) is 0 Å². The van der Waals surface area contributed by atoms with Gasteiger partial charge in [0, 0.05) is 22.2 Å². The van der Waals surface area contributed by atoms with Crippen LogP contribution in [-0.4, -0.2) is 17.2 Å². The first kappa shape index (κ1) is 18.5. The van der Waals surface area contributed by atoms with Crippen molar-refractivity contribution in [3.8, 4) is 16.9 Å². The number of nitrogens with one attached hydrogen (secondary N) is 1. The predicted molar refractivity (Wildman–Crippen MR) is 100.0 cm³/mol. The van der Waals surface area contributed by atoms with E-state index in [9.17, 15) is 18.7 Å². The van der Waals surface area contributed by atoms with Crippen molar-refractivity contribution in [3.63, 3.8) is 0 Å². The number of hydrazone groups is 1. The molecular weight excluding hydrogens is 374 g/mol. The first-order valence-corrected chi connectivity index (χ1v) is 8.20. The van der Waals surface area contributed by atoms with Crippen LogP contribution in [-0.2, 0) is 0 Å². The summed E-state index contributed by atoms with van der Waals surface area (Å²) in [6, 6.07) is 14.0. The zero-order valence-electron chi connectivity index (χ0n) is 13.8. The smallest absolute Gasteiger partial charge is 0.275 e. The molecule has 0 radical (unpaired) electrons. The molecule has 0 aliphatic heterocycles. The molecule has 3 rings (SSSR count). The summed E-state index contributed by atoms with van der Waals surface area (Å²) in [6.45, 7) is 0. The molecule has 0 aliphatic rings. The first-order valence-electron chi connectivity index (χ1n) is 7.82. The summed E-state index contributed by atoms with van der Waals surface area (Å²) >= 11 is 5.99. The zero-order chi connectivity index (χ0) is 19.4. The van der Waals surface area contributed by atoms with Gasteiger partial charge in [-0.15, -0.1) is 0 Å². The topological polar surface area (TPSA) is 61.7 Å². The molecule has 136 valence electrons. The van der Waals surface area contributed by atoms with E-state index in [0.717, 1.165) is 12.1 Å². The Balaban J connectivity index is 1.83. The summed E-state index contributed by atoms with van der Waals surface area (Å²) in [5.74, 6) is -2.47. The molecule has 3 aromatic carbocycles. The maximum Gasteiger partial charge on any atom is 0.275 e. The third-order valence-corrected chi connectivity index (χ3v) is 4.10. The van der Waals surface area contributed by atoms with Crippen molar-refractivity contribution in [2.45, 2.75) is 0 Å². The lowest BCUT2D eigenvalue weighted by Gasteiger charge is -2.08. The number of carbonyl (C=O) groups is 1. The van der Waals surface area contributed by atoms with Gasteiger partial charge in [0.2, 0.25) is 0 Å². The summed E-state index contributed by atoms with van der Waals surface area (Å²) in [5, 5.41) is 14.2. The average Bonchev–Trinajstić information content (AvgIpc) is 2.64. The fourth-order valence-electron chi connectivity index (χ4n) is 2.41. The molecule has 4 nitrogen and oxygen atoms in total. The Hall–Kier alpha value is -3.25. The van der Waals surface area contributed by atoms with Gasteiger partial charge in [-0.25, -0.2) is 14.2 Å². The highest BCUT2D eigenvalue weighted by molar-refractivity contribution is 6.33. The van der Waals surface area contributed by atoms with Gasteiger partial charge in [-0.3, -0.25) is 4.79 Å². The molecule has 2 N–H and O–H groups in total. The van der Waals surface area contributed by atoms with Gasteiger partial charge in [-0.05, 0) is 35.9 Å².